The minimum absolute atomic E-state index is 0.0892. The van der Waals surface area contributed by atoms with Gasteiger partial charge in [-0.2, -0.15) is 0 Å². The Hall–Kier alpha value is -3.20. The number of para-hydroxylation sites is 1. The van der Waals surface area contributed by atoms with Gasteiger partial charge in [-0.25, -0.2) is 0 Å². The van der Waals surface area contributed by atoms with Crippen LogP contribution in [0.2, 0.25) is 0 Å². The van der Waals surface area contributed by atoms with E-state index in [1.165, 1.54) is 4.90 Å². The molecule has 2 aromatic rings. The van der Waals surface area contributed by atoms with Crippen molar-refractivity contribution >= 4 is 28.8 Å². The van der Waals surface area contributed by atoms with Gasteiger partial charge in [0.25, 0.3) is 11.1 Å². The first-order valence-electron chi connectivity index (χ1n) is 9.85. The SMILES string of the molecule is COc1cccc2c1OCN(CCCOc1ccc(CN3C(=O)CSC3=O)cc1)C2=O. The summed E-state index contributed by atoms with van der Waals surface area (Å²) in [6, 6.07) is 12.6. The molecule has 0 spiro atoms. The number of hydrogen-bond acceptors (Lipinski definition) is 7. The van der Waals surface area contributed by atoms with Crippen molar-refractivity contribution in [3.8, 4) is 17.2 Å². The van der Waals surface area contributed by atoms with Gasteiger partial charge in [0, 0.05) is 6.54 Å². The first kappa shape index (κ1) is 21.0. The van der Waals surface area contributed by atoms with E-state index in [2.05, 4.69) is 0 Å². The molecule has 0 saturated carbocycles. The van der Waals surface area contributed by atoms with Crippen LogP contribution in [0.1, 0.15) is 22.3 Å². The third-order valence-electron chi connectivity index (χ3n) is 5.03. The minimum atomic E-state index is -0.206. The van der Waals surface area contributed by atoms with Gasteiger partial charge in [0.05, 0.1) is 31.6 Å². The van der Waals surface area contributed by atoms with Crippen LogP contribution in [0.25, 0.3) is 0 Å². The van der Waals surface area contributed by atoms with Gasteiger partial charge in [0.1, 0.15) is 5.75 Å². The fourth-order valence-electron chi connectivity index (χ4n) is 3.38. The molecule has 3 amide bonds. The zero-order chi connectivity index (χ0) is 21.8. The van der Waals surface area contributed by atoms with Crippen LogP contribution in [0.15, 0.2) is 42.5 Å². The highest BCUT2D eigenvalue weighted by Gasteiger charge is 2.30. The van der Waals surface area contributed by atoms with Gasteiger partial charge < -0.3 is 19.1 Å². The maximum absolute atomic E-state index is 12.7. The van der Waals surface area contributed by atoms with Crippen molar-refractivity contribution in [1.82, 2.24) is 9.80 Å². The molecule has 31 heavy (non-hydrogen) atoms. The summed E-state index contributed by atoms with van der Waals surface area (Å²) >= 11 is 1.03. The second-order valence-corrected chi connectivity index (χ2v) is 7.99. The van der Waals surface area contributed by atoms with Gasteiger partial charge in [-0.05, 0) is 36.2 Å². The number of thioether (sulfide) groups is 1. The summed E-state index contributed by atoms with van der Waals surface area (Å²) in [7, 11) is 1.55. The Balaban J connectivity index is 1.24. The highest BCUT2D eigenvalue weighted by molar-refractivity contribution is 8.14. The topological polar surface area (TPSA) is 85.4 Å². The standard InChI is InChI=1S/C22H22N2O6S/c1-28-18-5-2-4-17-20(18)30-14-23(21(17)26)10-3-11-29-16-8-6-15(7-9-16)12-24-19(25)13-31-22(24)27/h2,4-9H,3,10-14H2,1H3. The average molecular weight is 442 g/mol. The van der Waals surface area contributed by atoms with E-state index in [9.17, 15) is 14.4 Å². The molecule has 0 atom stereocenters. The molecule has 0 N–H and O–H groups in total. The second-order valence-electron chi connectivity index (χ2n) is 7.06. The number of fused-ring (bicyclic) bond motifs is 1. The Bertz CT molecular complexity index is 978. The molecule has 1 fully saturated rings. The zero-order valence-corrected chi connectivity index (χ0v) is 17.9. The molecular weight excluding hydrogens is 420 g/mol. The summed E-state index contributed by atoms with van der Waals surface area (Å²) < 4.78 is 16.7. The Labute approximate surface area is 184 Å². The predicted octanol–water partition coefficient (Wildman–Crippen LogP) is 3.15. The van der Waals surface area contributed by atoms with E-state index in [-0.39, 0.29) is 36.1 Å². The Morgan fingerprint density at radius 2 is 1.90 bits per heavy atom. The molecule has 2 aliphatic rings. The number of ether oxygens (including phenoxy) is 3. The van der Waals surface area contributed by atoms with Crippen LogP contribution in [-0.2, 0) is 11.3 Å². The van der Waals surface area contributed by atoms with Crippen LogP contribution in [0.5, 0.6) is 17.2 Å². The molecular formula is C22H22N2O6S. The van der Waals surface area contributed by atoms with E-state index in [0.717, 1.165) is 17.3 Å². The van der Waals surface area contributed by atoms with E-state index in [0.29, 0.717) is 42.4 Å². The number of amides is 3. The van der Waals surface area contributed by atoms with E-state index in [1.807, 2.05) is 24.3 Å². The highest BCUT2D eigenvalue weighted by atomic mass is 32.2. The minimum Gasteiger partial charge on any atom is -0.494 e. The van der Waals surface area contributed by atoms with Crippen molar-refractivity contribution in [2.45, 2.75) is 13.0 Å². The van der Waals surface area contributed by atoms with E-state index in [4.69, 9.17) is 14.2 Å². The molecule has 2 aliphatic heterocycles. The first-order valence-corrected chi connectivity index (χ1v) is 10.8. The molecule has 0 unspecified atom stereocenters. The second kappa shape index (κ2) is 9.30. The average Bonchev–Trinajstić information content (AvgIpc) is 3.10. The number of nitrogens with zero attached hydrogens (tertiary/aromatic N) is 2. The zero-order valence-electron chi connectivity index (χ0n) is 17.0. The summed E-state index contributed by atoms with van der Waals surface area (Å²) in [5, 5.41) is -0.206. The quantitative estimate of drug-likeness (QED) is 0.581. The van der Waals surface area contributed by atoms with Crippen molar-refractivity contribution in [3.63, 3.8) is 0 Å². The van der Waals surface area contributed by atoms with Crippen LogP contribution in [0, 0.1) is 0 Å². The number of methoxy groups -OCH3 is 1. The molecule has 2 heterocycles. The van der Waals surface area contributed by atoms with Crippen molar-refractivity contribution in [2.24, 2.45) is 0 Å². The molecule has 9 heteroatoms. The lowest BCUT2D eigenvalue weighted by molar-refractivity contribution is -0.125. The third-order valence-corrected chi connectivity index (χ3v) is 5.89. The van der Waals surface area contributed by atoms with Crippen LogP contribution in [-0.4, -0.2) is 59.6 Å². The molecule has 2 aromatic carbocycles. The smallest absolute Gasteiger partial charge is 0.289 e. The number of carbonyl (C=O) groups excluding carboxylic acids is 3. The molecule has 0 bridgehead atoms. The third kappa shape index (κ3) is 4.61. The number of carbonyl (C=O) groups is 3. The Morgan fingerprint density at radius 3 is 2.61 bits per heavy atom. The van der Waals surface area contributed by atoms with Crippen molar-refractivity contribution in [1.29, 1.82) is 0 Å². The lowest BCUT2D eigenvalue weighted by Crippen LogP contribution is -2.39. The predicted molar refractivity (Wildman–Crippen MR) is 114 cm³/mol. The van der Waals surface area contributed by atoms with Crippen LogP contribution >= 0.6 is 11.8 Å². The van der Waals surface area contributed by atoms with Crippen molar-refractivity contribution < 1.29 is 28.6 Å². The van der Waals surface area contributed by atoms with Gasteiger partial charge in [-0.15, -0.1) is 0 Å². The number of imide groups is 1. The molecule has 162 valence electrons. The lowest BCUT2D eigenvalue weighted by atomic mass is 10.1. The first-order chi connectivity index (χ1) is 15.1. The van der Waals surface area contributed by atoms with Crippen molar-refractivity contribution in [3.05, 3.63) is 53.6 Å². The maximum atomic E-state index is 12.7. The largest absolute Gasteiger partial charge is 0.494 e. The number of hydrogen-bond donors (Lipinski definition) is 0. The van der Waals surface area contributed by atoms with Crippen molar-refractivity contribution in [2.75, 3.05) is 32.7 Å². The van der Waals surface area contributed by atoms with Crippen LogP contribution < -0.4 is 14.2 Å². The van der Waals surface area contributed by atoms with E-state index in [1.54, 1.807) is 30.2 Å². The highest BCUT2D eigenvalue weighted by Crippen LogP contribution is 2.34. The monoisotopic (exact) mass is 442 g/mol. The molecule has 1 saturated heterocycles. The number of rotatable bonds is 8. The Morgan fingerprint density at radius 1 is 1.10 bits per heavy atom. The summed E-state index contributed by atoms with van der Waals surface area (Å²) in [6.45, 7) is 1.39. The molecule has 4 rings (SSSR count). The summed E-state index contributed by atoms with van der Waals surface area (Å²) in [5.41, 5.74) is 1.36. The maximum Gasteiger partial charge on any atom is 0.289 e. The van der Waals surface area contributed by atoms with Gasteiger partial charge in [-0.1, -0.05) is 30.0 Å². The van der Waals surface area contributed by atoms with E-state index < -0.39 is 0 Å². The van der Waals surface area contributed by atoms with E-state index >= 15 is 0 Å². The van der Waals surface area contributed by atoms with Gasteiger partial charge in [-0.3, -0.25) is 19.3 Å². The fraction of sp³-hybridized carbons (Fsp3) is 0.318. The van der Waals surface area contributed by atoms with Gasteiger partial charge >= 0.3 is 0 Å². The molecule has 8 nitrogen and oxygen atoms in total. The molecule has 0 aliphatic carbocycles. The molecule has 0 aromatic heterocycles. The van der Waals surface area contributed by atoms with Crippen LogP contribution in [0.4, 0.5) is 4.79 Å². The van der Waals surface area contributed by atoms with Crippen LogP contribution in [0.3, 0.4) is 0 Å². The van der Waals surface area contributed by atoms with Gasteiger partial charge in [0.15, 0.2) is 18.2 Å². The lowest BCUT2D eigenvalue weighted by Gasteiger charge is -2.29. The fourth-order valence-corrected chi connectivity index (χ4v) is 4.11. The summed E-state index contributed by atoms with van der Waals surface area (Å²) in [6.07, 6.45) is 0.643. The van der Waals surface area contributed by atoms with Gasteiger partial charge in [0.2, 0.25) is 5.91 Å². The summed E-state index contributed by atoms with van der Waals surface area (Å²) in [4.78, 5) is 38.9. The summed E-state index contributed by atoms with van der Waals surface area (Å²) in [5.74, 6) is 1.69. The number of benzene rings is 2. The molecule has 0 radical (unpaired) electrons. The normalized spacial score (nSPS) is 15.7. The Kier molecular flexibility index (Phi) is 6.31.